The molecule has 0 aliphatic carbocycles. The van der Waals surface area contributed by atoms with E-state index in [1.54, 1.807) is 17.0 Å². The number of anilines is 1. The summed E-state index contributed by atoms with van der Waals surface area (Å²) in [4.78, 5) is 17.9. The minimum absolute atomic E-state index is 0.105. The topological polar surface area (TPSA) is 53.4 Å². The number of hydrogen-bond acceptors (Lipinski definition) is 3. The summed E-state index contributed by atoms with van der Waals surface area (Å²) in [7, 11) is 0. The predicted molar refractivity (Wildman–Crippen MR) is 76.7 cm³/mol. The highest BCUT2D eigenvalue weighted by Gasteiger charge is 2.23. The van der Waals surface area contributed by atoms with Gasteiger partial charge in [-0.25, -0.2) is 4.98 Å². The zero-order chi connectivity index (χ0) is 13.9. The molecule has 2 aromatic rings. The van der Waals surface area contributed by atoms with Gasteiger partial charge in [0.05, 0.1) is 5.69 Å². The van der Waals surface area contributed by atoms with Crippen molar-refractivity contribution < 1.29 is 9.90 Å². The van der Waals surface area contributed by atoms with Gasteiger partial charge < -0.3 is 5.11 Å². The SMILES string of the molecule is O=C1CCCN1c1ccc(O)c(Cc2ccccc2)n1. The lowest BCUT2D eigenvalue weighted by molar-refractivity contribution is -0.117. The zero-order valence-electron chi connectivity index (χ0n) is 11.1. The van der Waals surface area contributed by atoms with Crippen molar-refractivity contribution in [1.29, 1.82) is 0 Å². The van der Waals surface area contributed by atoms with E-state index in [0.29, 0.717) is 30.9 Å². The van der Waals surface area contributed by atoms with E-state index in [4.69, 9.17) is 0 Å². The summed E-state index contributed by atoms with van der Waals surface area (Å²) >= 11 is 0. The van der Waals surface area contributed by atoms with Crippen LogP contribution in [0.5, 0.6) is 5.75 Å². The molecule has 4 heteroatoms. The highest BCUT2D eigenvalue weighted by atomic mass is 16.3. The molecule has 4 nitrogen and oxygen atoms in total. The van der Waals surface area contributed by atoms with Crippen molar-refractivity contribution in [3.63, 3.8) is 0 Å². The molecule has 2 heterocycles. The van der Waals surface area contributed by atoms with Gasteiger partial charge in [0.15, 0.2) is 0 Å². The Morgan fingerprint density at radius 2 is 1.95 bits per heavy atom. The van der Waals surface area contributed by atoms with Gasteiger partial charge in [-0.1, -0.05) is 30.3 Å². The zero-order valence-corrected chi connectivity index (χ0v) is 11.1. The molecule has 0 bridgehead atoms. The fraction of sp³-hybridized carbons (Fsp3) is 0.250. The average molecular weight is 268 g/mol. The molecule has 0 radical (unpaired) electrons. The average Bonchev–Trinajstić information content (AvgIpc) is 2.89. The van der Waals surface area contributed by atoms with Crippen LogP contribution in [0.2, 0.25) is 0 Å². The minimum atomic E-state index is 0.105. The van der Waals surface area contributed by atoms with Crippen molar-refractivity contribution in [2.24, 2.45) is 0 Å². The van der Waals surface area contributed by atoms with E-state index < -0.39 is 0 Å². The smallest absolute Gasteiger partial charge is 0.228 e. The van der Waals surface area contributed by atoms with Crippen LogP contribution in [-0.4, -0.2) is 22.5 Å². The third-order valence-electron chi connectivity index (χ3n) is 3.50. The molecule has 0 atom stereocenters. The van der Waals surface area contributed by atoms with Crippen LogP contribution in [0, 0.1) is 0 Å². The highest BCUT2D eigenvalue weighted by Crippen LogP contribution is 2.25. The Labute approximate surface area is 117 Å². The quantitative estimate of drug-likeness (QED) is 0.930. The molecule has 1 aromatic heterocycles. The van der Waals surface area contributed by atoms with E-state index in [-0.39, 0.29) is 11.7 Å². The van der Waals surface area contributed by atoms with E-state index in [1.807, 2.05) is 30.3 Å². The van der Waals surface area contributed by atoms with E-state index in [9.17, 15) is 9.90 Å². The van der Waals surface area contributed by atoms with Gasteiger partial charge in [-0.15, -0.1) is 0 Å². The lowest BCUT2D eigenvalue weighted by atomic mass is 10.1. The number of carbonyl (C=O) groups excluding carboxylic acids is 1. The van der Waals surface area contributed by atoms with E-state index >= 15 is 0 Å². The fourth-order valence-electron chi connectivity index (χ4n) is 2.44. The molecular weight excluding hydrogens is 252 g/mol. The summed E-state index contributed by atoms with van der Waals surface area (Å²) in [5.74, 6) is 0.911. The van der Waals surface area contributed by atoms with Crippen molar-refractivity contribution in [3.8, 4) is 5.75 Å². The second-order valence-corrected chi connectivity index (χ2v) is 4.95. The van der Waals surface area contributed by atoms with Gasteiger partial charge in [0.2, 0.25) is 5.91 Å². The molecule has 1 N–H and O–H groups in total. The maximum Gasteiger partial charge on any atom is 0.228 e. The largest absolute Gasteiger partial charge is 0.506 e. The minimum Gasteiger partial charge on any atom is -0.506 e. The number of aromatic hydroxyl groups is 1. The Hall–Kier alpha value is -2.36. The molecule has 0 saturated carbocycles. The molecule has 1 aliphatic rings. The number of hydrogen-bond donors (Lipinski definition) is 1. The van der Waals surface area contributed by atoms with Crippen LogP contribution in [0.15, 0.2) is 42.5 Å². The molecule has 1 saturated heterocycles. The van der Waals surface area contributed by atoms with Crippen LogP contribution >= 0.6 is 0 Å². The summed E-state index contributed by atoms with van der Waals surface area (Å²) in [6.45, 7) is 0.710. The normalized spacial score (nSPS) is 14.8. The Bertz CT molecular complexity index is 626. The Balaban J connectivity index is 1.89. The van der Waals surface area contributed by atoms with Crippen LogP contribution in [-0.2, 0) is 11.2 Å². The summed E-state index contributed by atoms with van der Waals surface area (Å²) in [5, 5.41) is 9.94. The molecule has 1 aromatic carbocycles. The van der Waals surface area contributed by atoms with Crippen LogP contribution in [0.4, 0.5) is 5.82 Å². The summed E-state index contributed by atoms with van der Waals surface area (Å²) in [6.07, 6.45) is 2.01. The van der Waals surface area contributed by atoms with E-state index in [2.05, 4.69) is 4.98 Å². The summed E-state index contributed by atoms with van der Waals surface area (Å²) in [6, 6.07) is 13.2. The number of pyridine rings is 1. The van der Waals surface area contributed by atoms with E-state index in [1.165, 1.54) is 0 Å². The molecule has 20 heavy (non-hydrogen) atoms. The van der Waals surface area contributed by atoms with Crippen molar-refractivity contribution in [1.82, 2.24) is 4.98 Å². The highest BCUT2D eigenvalue weighted by molar-refractivity contribution is 5.94. The van der Waals surface area contributed by atoms with E-state index in [0.717, 1.165) is 12.0 Å². The number of rotatable bonds is 3. The van der Waals surface area contributed by atoms with Crippen molar-refractivity contribution in [2.45, 2.75) is 19.3 Å². The van der Waals surface area contributed by atoms with Crippen LogP contribution in [0.3, 0.4) is 0 Å². The maximum atomic E-state index is 11.8. The first-order chi connectivity index (χ1) is 9.74. The first kappa shape index (κ1) is 12.7. The standard InChI is InChI=1S/C16H16N2O2/c19-14-8-9-15(18-10-4-7-16(18)20)17-13(14)11-12-5-2-1-3-6-12/h1-3,5-6,8-9,19H,4,7,10-11H2. The van der Waals surface area contributed by atoms with Crippen LogP contribution in [0.25, 0.3) is 0 Å². The third kappa shape index (κ3) is 2.50. The molecule has 1 amide bonds. The molecule has 102 valence electrons. The van der Waals surface area contributed by atoms with Crippen molar-refractivity contribution in [2.75, 3.05) is 11.4 Å². The lowest BCUT2D eigenvalue weighted by Gasteiger charge is -2.16. The molecule has 1 fully saturated rings. The summed E-state index contributed by atoms with van der Waals surface area (Å²) in [5.41, 5.74) is 1.69. The first-order valence-corrected chi connectivity index (χ1v) is 6.77. The molecule has 3 rings (SSSR count). The number of carbonyl (C=O) groups is 1. The second kappa shape index (κ2) is 5.33. The van der Waals surface area contributed by atoms with Gasteiger partial charge >= 0.3 is 0 Å². The maximum absolute atomic E-state index is 11.8. The summed E-state index contributed by atoms with van der Waals surface area (Å²) < 4.78 is 0. The Kier molecular flexibility index (Phi) is 3.37. The first-order valence-electron chi connectivity index (χ1n) is 6.77. The second-order valence-electron chi connectivity index (χ2n) is 4.95. The van der Waals surface area contributed by atoms with Crippen molar-refractivity contribution >= 4 is 11.7 Å². The number of benzene rings is 1. The van der Waals surface area contributed by atoms with Gasteiger partial charge in [0.1, 0.15) is 11.6 Å². The number of nitrogens with zero attached hydrogens (tertiary/aromatic N) is 2. The van der Waals surface area contributed by atoms with Gasteiger partial charge in [-0.3, -0.25) is 9.69 Å². The Morgan fingerprint density at radius 1 is 1.15 bits per heavy atom. The fourth-order valence-corrected chi connectivity index (χ4v) is 2.44. The van der Waals surface area contributed by atoms with Gasteiger partial charge in [-0.05, 0) is 24.1 Å². The monoisotopic (exact) mass is 268 g/mol. The van der Waals surface area contributed by atoms with Crippen LogP contribution < -0.4 is 4.90 Å². The molecule has 1 aliphatic heterocycles. The lowest BCUT2D eigenvalue weighted by Crippen LogP contribution is -2.25. The number of amides is 1. The van der Waals surface area contributed by atoms with Crippen LogP contribution in [0.1, 0.15) is 24.1 Å². The third-order valence-corrected chi connectivity index (χ3v) is 3.50. The molecule has 0 spiro atoms. The predicted octanol–water partition coefficient (Wildman–Crippen LogP) is 2.50. The van der Waals surface area contributed by atoms with Gasteiger partial charge in [0, 0.05) is 19.4 Å². The van der Waals surface area contributed by atoms with Gasteiger partial charge in [-0.2, -0.15) is 0 Å². The van der Waals surface area contributed by atoms with Crippen molar-refractivity contribution in [3.05, 3.63) is 53.7 Å². The number of aromatic nitrogens is 1. The molecule has 0 unspecified atom stereocenters. The van der Waals surface area contributed by atoms with Gasteiger partial charge in [0.25, 0.3) is 0 Å². The Morgan fingerprint density at radius 3 is 2.65 bits per heavy atom. The molecular formula is C16H16N2O2.